The van der Waals surface area contributed by atoms with Crippen molar-refractivity contribution in [2.45, 2.75) is 27.2 Å². The van der Waals surface area contributed by atoms with Crippen LogP contribution in [0.25, 0.3) is 16.1 Å². The van der Waals surface area contributed by atoms with Crippen LogP contribution in [0, 0.1) is 5.92 Å². The summed E-state index contributed by atoms with van der Waals surface area (Å²) in [5.41, 5.74) is 2.63. The third-order valence-electron chi connectivity index (χ3n) is 5.26. The second kappa shape index (κ2) is 10.6. The number of aromatic carboxylic acids is 1. The van der Waals surface area contributed by atoms with E-state index in [0.29, 0.717) is 29.8 Å². The average Bonchev–Trinajstić information content (AvgIpc) is 3.49. The molecule has 0 bridgehead atoms. The van der Waals surface area contributed by atoms with Gasteiger partial charge in [-0.3, -0.25) is 0 Å². The van der Waals surface area contributed by atoms with E-state index in [1.54, 1.807) is 19.4 Å². The van der Waals surface area contributed by atoms with Gasteiger partial charge in [0.05, 0.1) is 19.4 Å². The molecule has 3 heterocycles. The molecule has 8 nitrogen and oxygen atoms in total. The number of rotatable bonds is 10. The molecule has 35 heavy (non-hydrogen) atoms. The molecule has 0 radical (unpaired) electrons. The molecule has 0 atom stereocenters. The molecule has 0 aliphatic carbocycles. The Kier molecular flexibility index (Phi) is 7.36. The summed E-state index contributed by atoms with van der Waals surface area (Å²) in [5.74, 6) is 1.36. The van der Waals surface area contributed by atoms with Gasteiger partial charge < -0.3 is 19.9 Å². The lowest BCUT2D eigenvalue weighted by Crippen LogP contribution is -2.07. The maximum absolute atomic E-state index is 12.0. The Balaban J connectivity index is 1.72. The highest BCUT2D eigenvalue weighted by atomic mass is 32.1. The number of thiophene rings is 1. The Morgan fingerprint density at radius 2 is 2.03 bits per heavy atom. The molecular formula is C26H28N4O4S. The maximum Gasteiger partial charge on any atom is 0.339 e. The minimum atomic E-state index is -1.06. The quantitative estimate of drug-likeness (QED) is 0.278. The fourth-order valence-corrected chi connectivity index (χ4v) is 4.47. The minimum absolute atomic E-state index is 0.0824. The summed E-state index contributed by atoms with van der Waals surface area (Å²) in [6, 6.07) is 13.1. The van der Waals surface area contributed by atoms with Gasteiger partial charge in [-0.15, -0.1) is 16.4 Å². The molecule has 0 spiro atoms. The number of nitrogens with zero attached hydrogens (tertiary/aromatic N) is 3. The van der Waals surface area contributed by atoms with E-state index in [1.165, 1.54) is 11.3 Å². The maximum atomic E-state index is 12.0. The number of carbonyl (C=O) groups is 1. The standard InChI is InChI=1S/C26H28N4O4S/c1-5-34-22-13-18(8-9-21(22)33-4)30-19(11-16(2)3)14-24(29-30)28-25-20(26(31)32)12-17(15-27-25)23-7-6-10-35-23/h6-10,12-16H,5,11H2,1-4H3,(H,31,32)(H,27,28,29). The van der Waals surface area contributed by atoms with Crippen molar-refractivity contribution in [1.29, 1.82) is 0 Å². The zero-order valence-electron chi connectivity index (χ0n) is 20.1. The van der Waals surface area contributed by atoms with Gasteiger partial charge in [0, 0.05) is 34.5 Å². The van der Waals surface area contributed by atoms with E-state index < -0.39 is 5.97 Å². The molecule has 0 aliphatic heterocycles. The molecule has 0 fully saturated rings. The molecule has 182 valence electrons. The molecular weight excluding hydrogens is 464 g/mol. The Hall–Kier alpha value is -3.85. The summed E-state index contributed by atoms with van der Waals surface area (Å²) in [6.07, 6.45) is 2.45. The first-order valence-corrected chi connectivity index (χ1v) is 12.2. The van der Waals surface area contributed by atoms with Crippen LogP contribution in [-0.4, -0.2) is 39.6 Å². The first kappa shape index (κ1) is 24.3. The topological polar surface area (TPSA) is 98.5 Å². The minimum Gasteiger partial charge on any atom is -0.493 e. The van der Waals surface area contributed by atoms with Gasteiger partial charge in [-0.2, -0.15) is 0 Å². The predicted octanol–water partition coefficient (Wildman–Crippen LogP) is 6.04. The number of benzene rings is 1. The molecule has 4 aromatic rings. The zero-order valence-corrected chi connectivity index (χ0v) is 20.9. The smallest absolute Gasteiger partial charge is 0.339 e. The molecule has 0 saturated heterocycles. The monoisotopic (exact) mass is 492 g/mol. The number of ether oxygens (including phenoxy) is 2. The summed E-state index contributed by atoms with van der Waals surface area (Å²) in [4.78, 5) is 17.4. The highest BCUT2D eigenvalue weighted by Gasteiger charge is 2.18. The van der Waals surface area contributed by atoms with Crippen molar-refractivity contribution in [2.24, 2.45) is 5.92 Å². The van der Waals surface area contributed by atoms with Gasteiger partial charge in [-0.1, -0.05) is 19.9 Å². The number of carboxylic acids is 1. The van der Waals surface area contributed by atoms with E-state index in [9.17, 15) is 9.90 Å². The van der Waals surface area contributed by atoms with Gasteiger partial charge in [0.15, 0.2) is 17.3 Å². The third kappa shape index (κ3) is 5.46. The van der Waals surface area contributed by atoms with Crippen LogP contribution >= 0.6 is 11.3 Å². The average molecular weight is 493 g/mol. The Labute approximate surface area is 208 Å². The second-order valence-corrected chi connectivity index (χ2v) is 9.27. The van der Waals surface area contributed by atoms with Crippen LogP contribution in [0.2, 0.25) is 0 Å². The van der Waals surface area contributed by atoms with Crippen LogP contribution < -0.4 is 14.8 Å². The van der Waals surface area contributed by atoms with Gasteiger partial charge in [0.25, 0.3) is 0 Å². The van der Waals surface area contributed by atoms with Crippen molar-refractivity contribution >= 4 is 28.9 Å². The van der Waals surface area contributed by atoms with Crippen LogP contribution in [0.4, 0.5) is 11.6 Å². The summed E-state index contributed by atoms with van der Waals surface area (Å²) in [6.45, 7) is 6.70. The molecule has 4 rings (SSSR count). The lowest BCUT2D eigenvalue weighted by Gasteiger charge is -2.13. The number of hydrogen-bond donors (Lipinski definition) is 2. The molecule has 0 unspecified atom stereocenters. The zero-order chi connectivity index (χ0) is 24.9. The van der Waals surface area contributed by atoms with E-state index in [4.69, 9.17) is 14.6 Å². The molecule has 0 amide bonds. The number of anilines is 2. The summed E-state index contributed by atoms with van der Waals surface area (Å²) < 4.78 is 13.0. The second-order valence-electron chi connectivity index (χ2n) is 8.33. The summed E-state index contributed by atoms with van der Waals surface area (Å²) in [7, 11) is 1.61. The van der Waals surface area contributed by atoms with E-state index >= 15 is 0 Å². The number of aromatic nitrogens is 3. The predicted molar refractivity (Wildman–Crippen MR) is 138 cm³/mol. The summed E-state index contributed by atoms with van der Waals surface area (Å²) >= 11 is 1.53. The van der Waals surface area contributed by atoms with E-state index in [0.717, 1.165) is 28.2 Å². The van der Waals surface area contributed by atoms with Crippen LogP contribution in [0.5, 0.6) is 11.5 Å². The number of carboxylic acid groups (broad SMARTS) is 1. The SMILES string of the molecule is CCOc1cc(-n2nc(Nc3ncc(-c4cccs4)cc3C(=O)O)cc2CC(C)C)ccc1OC. The number of hydrogen-bond acceptors (Lipinski definition) is 7. The van der Waals surface area contributed by atoms with Crippen LogP contribution in [-0.2, 0) is 6.42 Å². The van der Waals surface area contributed by atoms with E-state index in [1.807, 2.05) is 53.4 Å². The Bertz CT molecular complexity index is 1320. The van der Waals surface area contributed by atoms with Crippen LogP contribution in [0.1, 0.15) is 36.8 Å². The summed E-state index contributed by atoms with van der Waals surface area (Å²) in [5, 5.41) is 19.6. The van der Waals surface area contributed by atoms with Crippen molar-refractivity contribution in [3.63, 3.8) is 0 Å². The third-order valence-corrected chi connectivity index (χ3v) is 6.18. The molecule has 0 aliphatic rings. The van der Waals surface area contributed by atoms with Crippen LogP contribution in [0.15, 0.2) is 54.0 Å². The molecule has 0 saturated carbocycles. The fraction of sp³-hybridized carbons (Fsp3) is 0.269. The fourth-order valence-electron chi connectivity index (χ4n) is 3.76. The molecule has 9 heteroatoms. The lowest BCUT2D eigenvalue weighted by atomic mass is 10.1. The highest BCUT2D eigenvalue weighted by Crippen LogP contribution is 2.32. The van der Waals surface area contributed by atoms with Gasteiger partial charge in [-0.25, -0.2) is 14.5 Å². The Morgan fingerprint density at radius 1 is 1.20 bits per heavy atom. The molecule has 2 N–H and O–H groups in total. The van der Waals surface area contributed by atoms with Crippen molar-refractivity contribution in [2.75, 3.05) is 19.0 Å². The van der Waals surface area contributed by atoms with Gasteiger partial charge >= 0.3 is 5.97 Å². The highest BCUT2D eigenvalue weighted by molar-refractivity contribution is 7.13. The van der Waals surface area contributed by atoms with Gasteiger partial charge in [0.1, 0.15) is 11.4 Å². The van der Waals surface area contributed by atoms with Crippen molar-refractivity contribution in [3.8, 4) is 27.6 Å². The van der Waals surface area contributed by atoms with Gasteiger partial charge in [0.2, 0.25) is 0 Å². The molecule has 3 aromatic heterocycles. The Morgan fingerprint density at radius 3 is 2.69 bits per heavy atom. The van der Waals surface area contributed by atoms with E-state index in [-0.39, 0.29) is 11.4 Å². The normalized spacial score (nSPS) is 11.0. The van der Waals surface area contributed by atoms with Crippen molar-refractivity contribution in [1.82, 2.24) is 14.8 Å². The number of nitrogens with one attached hydrogen (secondary N) is 1. The first-order valence-electron chi connectivity index (χ1n) is 11.3. The lowest BCUT2D eigenvalue weighted by molar-refractivity contribution is 0.0697. The number of methoxy groups -OCH3 is 1. The van der Waals surface area contributed by atoms with Crippen molar-refractivity contribution in [3.05, 3.63) is 65.3 Å². The molecule has 1 aromatic carbocycles. The van der Waals surface area contributed by atoms with Gasteiger partial charge in [-0.05, 0) is 48.9 Å². The van der Waals surface area contributed by atoms with E-state index in [2.05, 4.69) is 24.1 Å². The van der Waals surface area contributed by atoms with Crippen molar-refractivity contribution < 1.29 is 19.4 Å². The first-order chi connectivity index (χ1) is 16.9. The number of pyridine rings is 1. The largest absolute Gasteiger partial charge is 0.493 e. The van der Waals surface area contributed by atoms with Crippen LogP contribution in [0.3, 0.4) is 0 Å².